The number of rotatable bonds is 2. The summed E-state index contributed by atoms with van der Waals surface area (Å²) in [6.07, 6.45) is 1.57. The van der Waals surface area contributed by atoms with Gasteiger partial charge in [-0.1, -0.05) is 11.6 Å². The van der Waals surface area contributed by atoms with Crippen molar-refractivity contribution in [2.24, 2.45) is 0 Å². The van der Waals surface area contributed by atoms with Gasteiger partial charge in [-0.05, 0) is 0 Å². The summed E-state index contributed by atoms with van der Waals surface area (Å²) in [5.74, 6) is 0. The van der Waals surface area contributed by atoms with Crippen LogP contribution in [0.25, 0.3) is 11.2 Å². The Labute approximate surface area is 107 Å². The molecule has 1 saturated heterocycles. The van der Waals surface area contributed by atoms with Crippen LogP contribution in [0, 0.1) is 0 Å². The van der Waals surface area contributed by atoms with Crippen molar-refractivity contribution in [3.05, 3.63) is 17.8 Å². The van der Waals surface area contributed by atoms with E-state index in [1.807, 2.05) is 0 Å². The van der Waals surface area contributed by atoms with Crippen LogP contribution in [0.5, 0.6) is 0 Å². The number of nitrogens with zero attached hydrogens (tertiary/aromatic N) is 4. The van der Waals surface area contributed by atoms with E-state index in [4.69, 9.17) is 21.4 Å². The molecule has 7 nitrogen and oxygen atoms in total. The molecule has 0 radical (unpaired) electrons. The second kappa shape index (κ2) is 4.43. The van der Waals surface area contributed by atoms with Gasteiger partial charge in [-0.3, -0.25) is 4.57 Å². The van der Waals surface area contributed by atoms with Gasteiger partial charge in [0.1, 0.15) is 24.2 Å². The minimum atomic E-state index is -0.699. The van der Waals surface area contributed by atoms with E-state index in [0.717, 1.165) is 0 Å². The lowest BCUT2D eigenvalue weighted by Crippen LogP contribution is -2.24. The molecule has 1 aliphatic heterocycles. The minimum absolute atomic E-state index is 0.222. The van der Waals surface area contributed by atoms with Crippen LogP contribution in [-0.2, 0) is 4.74 Å². The van der Waals surface area contributed by atoms with Crippen molar-refractivity contribution in [2.45, 2.75) is 24.9 Å². The maximum atomic E-state index is 9.71. The highest BCUT2D eigenvalue weighted by atomic mass is 35.5. The fourth-order valence-corrected chi connectivity index (χ4v) is 2.26. The normalized spacial score (nSPS) is 28.1. The number of hydrogen-bond acceptors (Lipinski definition) is 6. The molecule has 0 aliphatic carbocycles. The van der Waals surface area contributed by atoms with Crippen LogP contribution in [0.2, 0.25) is 5.15 Å². The zero-order valence-corrected chi connectivity index (χ0v) is 10.0. The number of aromatic nitrogens is 4. The first-order valence-corrected chi connectivity index (χ1v) is 5.86. The second-order valence-corrected chi connectivity index (χ2v) is 4.46. The molecule has 0 saturated carbocycles. The van der Waals surface area contributed by atoms with Gasteiger partial charge in [0.25, 0.3) is 0 Å². The van der Waals surface area contributed by atoms with E-state index in [9.17, 15) is 5.11 Å². The van der Waals surface area contributed by atoms with Crippen molar-refractivity contribution < 1.29 is 14.9 Å². The van der Waals surface area contributed by atoms with E-state index in [0.29, 0.717) is 17.6 Å². The van der Waals surface area contributed by atoms with Crippen molar-refractivity contribution in [3.8, 4) is 0 Å². The Hall–Kier alpha value is -1.28. The molecule has 2 aromatic rings. The SMILES string of the molecule is OC[C@H]1O[C@@H](n2cnc3c(Cl)ncnc32)C[C@H]1O. The molecular formula is C10H11ClN4O3. The third-order valence-electron chi connectivity index (χ3n) is 3.01. The molecule has 0 amide bonds. The Balaban J connectivity index is 1.99. The molecular weight excluding hydrogens is 260 g/mol. The molecule has 1 fully saturated rings. The summed E-state index contributed by atoms with van der Waals surface area (Å²) < 4.78 is 7.22. The van der Waals surface area contributed by atoms with Crippen molar-refractivity contribution in [2.75, 3.05) is 6.61 Å². The predicted octanol–water partition coefficient (Wildman–Crippen LogP) is 0.120. The van der Waals surface area contributed by atoms with Gasteiger partial charge >= 0.3 is 0 Å². The summed E-state index contributed by atoms with van der Waals surface area (Å²) in [4.78, 5) is 12.1. The van der Waals surface area contributed by atoms with Gasteiger partial charge in [-0.2, -0.15) is 0 Å². The van der Waals surface area contributed by atoms with Crippen LogP contribution in [0.15, 0.2) is 12.7 Å². The van der Waals surface area contributed by atoms with Crippen LogP contribution < -0.4 is 0 Å². The number of aliphatic hydroxyl groups excluding tert-OH is 2. The van der Waals surface area contributed by atoms with E-state index in [1.165, 1.54) is 6.33 Å². The maximum absolute atomic E-state index is 9.71. The van der Waals surface area contributed by atoms with Crippen LogP contribution in [0.4, 0.5) is 0 Å². The third kappa shape index (κ3) is 1.76. The van der Waals surface area contributed by atoms with Gasteiger partial charge < -0.3 is 14.9 Å². The number of halogens is 1. The third-order valence-corrected chi connectivity index (χ3v) is 3.29. The monoisotopic (exact) mass is 270 g/mol. The maximum Gasteiger partial charge on any atom is 0.166 e. The molecule has 3 rings (SSSR count). The van der Waals surface area contributed by atoms with Gasteiger partial charge in [0.2, 0.25) is 0 Å². The van der Waals surface area contributed by atoms with Crippen LogP contribution in [0.1, 0.15) is 12.6 Å². The average Bonchev–Trinajstić information content (AvgIpc) is 2.93. The van der Waals surface area contributed by atoms with E-state index in [2.05, 4.69) is 15.0 Å². The highest BCUT2D eigenvalue weighted by Crippen LogP contribution is 2.31. The molecule has 3 heterocycles. The Bertz CT molecular complexity index is 575. The highest BCUT2D eigenvalue weighted by Gasteiger charge is 2.35. The molecule has 0 spiro atoms. The fraction of sp³-hybridized carbons (Fsp3) is 0.500. The summed E-state index contributed by atoms with van der Waals surface area (Å²) >= 11 is 5.90. The molecule has 18 heavy (non-hydrogen) atoms. The number of fused-ring (bicyclic) bond motifs is 1. The van der Waals surface area contributed by atoms with Gasteiger partial charge in [0.05, 0.1) is 19.0 Å². The zero-order valence-electron chi connectivity index (χ0n) is 9.27. The topological polar surface area (TPSA) is 93.3 Å². The molecule has 2 N–H and O–H groups in total. The largest absolute Gasteiger partial charge is 0.394 e. The van der Waals surface area contributed by atoms with E-state index >= 15 is 0 Å². The quantitative estimate of drug-likeness (QED) is 0.753. The lowest BCUT2D eigenvalue weighted by atomic mass is 10.2. The first-order chi connectivity index (χ1) is 8.70. The summed E-state index contributed by atoms with van der Waals surface area (Å²) in [5.41, 5.74) is 1.04. The van der Waals surface area contributed by atoms with Crippen LogP contribution in [0.3, 0.4) is 0 Å². The standard InChI is InChI=1S/C10H11ClN4O3/c11-9-8-10(13-3-12-9)15(4-14-8)7-1-5(17)6(2-16)18-7/h3-7,16-17H,1-2H2/t5-,6-,7-/m1/s1. The Morgan fingerprint density at radius 1 is 1.44 bits per heavy atom. The molecule has 8 heteroatoms. The summed E-state index contributed by atoms with van der Waals surface area (Å²) in [6.45, 7) is -0.222. The van der Waals surface area contributed by atoms with E-state index < -0.39 is 18.4 Å². The second-order valence-electron chi connectivity index (χ2n) is 4.10. The zero-order chi connectivity index (χ0) is 12.7. The van der Waals surface area contributed by atoms with Crippen LogP contribution >= 0.6 is 11.6 Å². The van der Waals surface area contributed by atoms with Crippen molar-refractivity contribution in [1.29, 1.82) is 0 Å². The molecule has 1 aliphatic rings. The molecule has 96 valence electrons. The smallest absolute Gasteiger partial charge is 0.166 e. The number of aliphatic hydroxyl groups is 2. The van der Waals surface area contributed by atoms with Gasteiger partial charge in [-0.15, -0.1) is 0 Å². The molecule has 0 aromatic carbocycles. The summed E-state index contributed by atoms with van der Waals surface area (Å²) in [7, 11) is 0. The molecule has 0 unspecified atom stereocenters. The molecule has 0 bridgehead atoms. The van der Waals surface area contributed by atoms with Gasteiger partial charge in [0.15, 0.2) is 10.8 Å². The van der Waals surface area contributed by atoms with E-state index in [-0.39, 0.29) is 11.8 Å². The van der Waals surface area contributed by atoms with Gasteiger partial charge in [-0.25, -0.2) is 15.0 Å². The Morgan fingerprint density at radius 3 is 3.00 bits per heavy atom. The van der Waals surface area contributed by atoms with Crippen LogP contribution in [-0.4, -0.2) is 48.5 Å². The highest BCUT2D eigenvalue weighted by molar-refractivity contribution is 6.33. The predicted molar refractivity (Wildman–Crippen MR) is 62.0 cm³/mol. The summed E-state index contributed by atoms with van der Waals surface area (Å²) in [5, 5.41) is 19.0. The van der Waals surface area contributed by atoms with Crippen molar-refractivity contribution in [3.63, 3.8) is 0 Å². The molecule has 2 aromatic heterocycles. The first kappa shape index (κ1) is 11.8. The Kier molecular flexibility index (Phi) is 2.90. The molecule has 3 atom stereocenters. The fourth-order valence-electron chi connectivity index (χ4n) is 2.08. The first-order valence-electron chi connectivity index (χ1n) is 5.48. The van der Waals surface area contributed by atoms with Crippen molar-refractivity contribution in [1.82, 2.24) is 19.5 Å². The minimum Gasteiger partial charge on any atom is -0.394 e. The lowest BCUT2D eigenvalue weighted by Gasteiger charge is -2.13. The number of ether oxygens (including phenoxy) is 1. The van der Waals surface area contributed by atoms with Crippen molar-refractivity contribution >= 4 is 22.8 Å². The van der Waals surface area contributed by atoms with Gasteiger partial charge in [0, 0.05) is 6.42 Å². The number of hydrogen-bond donors (Lipinski definition) is 2. The average molecular weight is 271 g/mol. The number of imidazole rings is 1. The summed E-state index contributed by atoms with van der Waals surface area (Å²) in [6, 6.07) is 0. The lowest BCUT2D eigenvalue weighted by molar-refractivity contribution is -0.0432. The van der Waals surface area contributed by atoms with E-state index in [1.54, 1.807) is 10.9 Å². The Morgan fingerprint density at radius 2 is 2.28 bits per heavy atom.